The summed E-state index contributed by atoms with van der Waals surface area (Å²) in [5.41, 5.74) is 2.16. The summed E-state index contributed by atoms with van der Waals surface area (Å²) < 4.78 is 13.9. The summed E-state index contributed by atoms with van der Waals surface area (Å²) in [7, 11) is 1.99. The third-order valence-corrected chi connectivity index (χ3v) is 5.36. The molecule has 1 aliphatic rings. The van der Waals surface area contributed by atoms with E-state index < -0.39 is 0 Å². The van der Waals surface area contributed by atoms with E-state index in [1.165, 1.54) is 29.1 Å². The summed E-state index contributed by atoms with van der Waals surface area (Å²) in [6.07, 6.45) is 3.38. The lowest BCUT2D eigenvalue weighted by atomic mass is 9.98. The van der Waals surface area contributed by atoms with Gasteiger partial charge in [0.1, 0.15) is 10.8 Å². The Morgan fingerprint density at radius 3 is 3.05 bits per heavy atom. The summed E-state index contributed by atoms with van der Waals surface area (Å²) in [4.78, 5) is 6.07. The number of fused-ring (bicyclic) bond motifs is 1. The van der Waals surface area contributed by atoms with Gasteiger partial charge in [0.25, 0.3) is 0 Å². The fourth-order valence-electron chi connectivity index (χ4n) is 2.47. The maximum atomic E-state index is 13.1. The fraction of sp³-hybridized carbons (Fsp3) is 0.357. The zero-order valence-electron chi connectivity index (χ0n) is 10.5. The zero-order chi connectivity index (χ0) is 13.4. The molecule has 2 nitrogen and oxygen atoms in total. The number of rotatable bonds is 2. The smallest absolute Gasteiger partial charge is 0.125 e. The molecule has 1 aromatic carbocycles. The van der Waals surface area contributed by atoms with Crippen molar-refractivity contribution in [3.63, 3.8) is 0 Å². The van der Waals surface area contributed by atoms with Crippen LogP contribution in [0, 0.1) is 5.82 Å². The average molecular weight is 341 g/mol. The number of thiazole rings is 1. The number of hydrogen-bond acceptors (Lipinski definition) is 3. The van der Waals surface area contributed by atoms with Gasteiger partial charge in [0.2, 0.25) is 0 Å². The fourth-order valence-corrected chi connectivity index (χ4v) is 4.44. The maximum absolute atomic E-state index is 13.1. The topological polar surface area (TPSA) is 24.9 Å². The minimum absolute atomic E-state index is 0.231. The molecule has 1 unspecified atom stereocenters. The molecule has 0 radical (unpaired) electrons. The average Bonchev–Trinajstić information content (AvgIpc) is 2.81. The maximum Gasteiger partial charge on any atom is 0.125 e. The molecule has 1 aromatic heterocycles. The van der Waals surface area contributed by atoms with Crippen LogP contribution < -0.4 is 5.32 Å². The molecule has 100 valence electrons. The van der Waals surface area contributed by atoms with Crippen LogP contribution in [0.4, 0.5) is 4.39 Å². The van der Waals surface area contributed by atoms with Crippen molar-refractivity contribution < 1.29 is 4.39 Å². The van der Waals surface area contributed by atoms with E-state index in [-0.39, 0.29) is 5.82 Å². The third-order valence-electron chi connectivity index (χ3n) is 3.46. The molecule has 0 saturated carbocycles. The molecule has 0 bridgehead atoms. The Labute approximate surface area is 124 Å². The van der Waals surface area contributed by atoms with E-state index in [1.807, 2.05) is 7.05 Å². The number of hydrogen-bond donors (Lipinski definition) is 1. The summed E-state index contributed by atoms with van der Waals surface area (Å²) in [6.45, 7) is 0. The number of aryl methyl sites for hydroxylation is 1. The second-order valence-corrected chi connectivity index (χ2v) is 6.57. The number of nitrogens with one attached hydrogen (secondary N) is 1. The van der Waals surface area contributed by atoms with E-state index in [9.17, 15) is 4.39 Å². The minimum atomic E-state index is -0.231. The highest BCUT2D eigenvalue weighted by Gasteiger charge is 2.24. The van der Waals surface area contributed by atoms with Gasteiger partial charge in [0.15, 0.2) is 0 Å². The molecule has 0 spiro atoms. The number of halogens is 2. The van der Waals surface area contributed by atoms with E-state index >= 15 is 0 Å². The lowest BCUT2D eigenvalue weighted by Crippen LogP contribution is -2.19. The normalized spacial score (nSPS) is 18.4. The van der Waals surface area contributed by atoms with Crippen molar-refractivity contribution in [2.24, 2.45) is 0 Å². The number of nitrogens with zero attached hydrogens (tertiary/aromatic N) is 1. The van der Waals surface area contributed by atoms with Crippen LogP contribution in [-0.2, 0) is 6.42 Å². The van der Waals surface area contributed by atoms with Crippen molar-refractivity contribution >= 4 is 27.3 Å². The highest BCUT2D eigenvalue weighted by atomic mass is 79.9. The second kappa shape index (κ2) is 5.31. The Balaban J connectivity index is 2.05. The Morgan fingerprint density at radius 1 is 1.47 bits per heavy atom. The molecular formula is C14H14BrFN2S. The first kappa shape index (κ1) is 13.2. The molecule has 1 atom stereocenters. The lowest BCUT2D eigenvalue weighted by Gasteiger charge is -2.19. The van der Waals surface area contributed by atoms with Crippen molar-refractivity contribution in [1.82, 2.24) is 10.3 Å². The van der Waals surface area contributed by atoms with E-state index in [0.29, 0.717) is 6.04 Å². The monoisotopic (exact) mass is 340 g/mol. The molecule has 1 N–H and O–H groups in total. The largest absolute Gasteiger partial charge is 0.312 e. The van der Waals surface area contributed by atoms with Crippen molar-refractivity contribution in [2.45, 2.75) is 25.3 Å². The summed E-state index contributed by atoms with van der Waals surface area (Å²) in [6, 6.07) is 5.17. The van der Waals surface area contributed by atoms with Crippen LogP contribution in [0.2, 0.25) is 0 Å². The first-order valence-electron chi connectivity index (χ1n) is 6.31. The minimum Gasteiger partial charge on any atom is -0.312 e. The molecule has 0 fully saturated rings. The van der Waals surface area contributed by atoms with Crippen molar-refractivity contribution in [3.8, 4) is 10.6 Å². The lowest BCUT2D eigenvalue weighted by molar-refractivity contribution is 0.501. The van der Waals surface area contributed by atoms with Crippen molar-refractivity contribution in [2.75, 3.05) is 7.05 Å². The molecule has 19 heavy (non-hydrogen) atoms. The number of benzene rings is 1. The Hall–Kier alpha value is -0.780. The molecule has 5 heteroatoms. The number of aromatic nitrogens is 1. The Kier molecular flexibility index (Phi) is 3.69. The van der Waals surface area contributed by atoms with Gasteiger partial charge < -0.3 is 5.32 Å². The van der Waals surface area contributed by atoms with Crippen LogP contribution in [0.3, 0.4) is 0 Å². The summed E-state index contributed by atoms with van der Waals surface area (Å²) in [5, 5.41) is 4.32. The van der Waals surface area contributed by atoms with E-state index in [1.54, 1.807) is 17.4 Å². The Bertz CT molecular complexity index is 611. The Morgan fingerprint density at radius 2 is 2.32 bits per heavy atom. The standard InChI is InChI=1S/C14H14BrFN2S/c1-17-11-3-2-4-12-13(11)19-14(18-12)9-6-5-8(16)7-10(9)15/h5-7,11,17H,2-4H2,1H3. The van der Waals surface area contributed by atoms with Gasteiger partial charge in [0, 0.05) is 21.0 Å². The molecule has 3 rings (SSSR count). The molecular weight excluding hydrogens is 327 g/mol. The molecule has 1 aliphatic carbocycles. The molecule has 0 aliphatic heterocycles. The molecule has 0 saturated heterocycles. The van der Waals surface area contributed by atoms with Crippen LogP contribution in [-0.4, -0.2) is 12.0 Å². The summed E-state index contributed by atoms with van der Waals surface area (Å²) >= 11 is 5.14. The highest BCUT2D eigenvalue weighted by Crippen LogP contribution is 2.39. The van der Waals surface area contributed by atoms with Gasteiger partial charge in [-0.3, -0.25) is 0 Å². The molecule has 1 heterocycles. The quantitative estimate of drug-likeness (QED) is 0.881. The zero-order valence-corrected chi connectivity index (χ0v) is 12.9. The summed E-state index contributed by atoms with van der Waals surface area (Å²) in [5.74, 6) is -0.231. The third kappa shape index (κ3) is 2.47. The predicted octanol–water partition coefficient (Wildman–Crippen LogP) is 4.31. The second-order valence-electron chi connectivity index (χ2n) is 4.69. The van der Waals surface area contributed by atoms with Crippen LogP contribution >= 0.6 is 27.3 Å². The van der Waals surface area contributed by atoms with Crippen LogP contribution in [0.1, 0.15) is 29.5 Å². The van der Waals surface area contributed by atoms with Gasteiger partial charge in [-0.2, -0.15) is 0 Å². The van der Waals surface area contributed by atoms with Gasteiger partial charge in [-0.05, 0) is 60.4 Å². The first-order valence-corrected chi connectivity index (χ1v) is 7.92. The van der Waals surface area contributed by atoms with Crippen molar-refractivity contribution in [3.05, 3.63) is 39.1 Å². The van der Waals surface area contributed by atoms with E-state index in [4.69, 9.17) is 4.98 Å². The van der Waals surface area contributed by atoms with Crippen LogP contribution in [0.5, 0.6) is 0 Å². The van der Waals surface area contributed by atoms with Crippen LogP contribution in [0.25, 0.3) is 10.6 Å². The van der Waals surface area contributed by atoms with Crippen LogP contribution in [0.15, 0.2) is 22.7 Å². The molecule has 0 amide bonds. The predicted molar refractivity (Wildman–Crippen MR) is 79.9 cm³/mol. The van der Waals surface area contributed by atoms with E-state index in [2.05, 4.69) is 21.2 Å². The van der Waals surface area contributed by atoms with Gasteiger partial charge in [0.05, 0.1) is 5.69 Å². The van der Waals surface area contributed by atoms with Gasteiger partial charge in [-0.25, -0.2) is 9.37 Å². The highest BCUT2D eigenvalue weighted by molar-refractivity contribution is 9.10. The molecule has 2 aromatic rings. The van der Waals surface area contributed by atoms with Gasteiger partial charge >= 0.3 is 0 Å². The van der Waals surface area contributed by atoms with E-state index in [0.717, 1.165) is 27.9 Å². The van der Waals surface area contributed by atoms with Crippen molar-refractivity contribution in [1.29, 1.82) is 0 Å². The SMILES string of the molecule is CNC1CCCc2nc(-c3ccc(F)cc3Br)sc21. The van der Waals surface area contributed by atoms with Gasteiger partial charge in [-0.1, -0.05) is 0 Å². The first-order chi connectivity index (χ1) is 9.19. The van der Waals surface area contributed by atoms with Gasteiger partial charge in [-0.15, -0.1) is 11.3 Å².